The highest BCUT2D eigenvalue weighted by Gasteiger charge is 2.29. The number of hydrogen-bond acceptors (Lipinski definition) is 3. The predicted octanol–water partition coefficient (Wildman–Crippen LogP) is 1.38. The van der Waals surface area contributed by atoms with Crippen LogP contribution in [0.1, 0.15) is 46.5 Å². The van der Waals surface area contributed by atoms with E-state index in [0.717, 1.165) is 19.4 Å². The molecule has 5 heteroatoms. The number of rotatable bonds is 7. The van der Waals surface area contributed by atoms with Crippen molar-refractivity contribution in [1.82, 2.24) is 10.6 Å². The van der Waals surface area contributed by atoms with Gasteiger partial charge in [-0.05, 0) is 37.1 Å². The Morgan fingerprint density at radius 2 is 2.05 bits per heavy atom. The van der Waals surface area contributed by atoms with Gasteiger partial charge in [-0.15, -0.1) is 0 Å². The molecule has 5 nitrogen and oxygen atoms in total. The van der Waals surface area contributed by atoms with Gasteiger partial charge >= 0.3 is 5.97 Å². The van der Waals surface area contributed by atoms with Crippen molar-refractivity contribution in [1.29, 1.82) is 0 Å². The molecule has 0 saturated carbocycles. The summed E-state index contributed by atoms with van der Waals surface area (Å²) in [5, 5.41) is 14.8. The fraction of sp³-hybridized carbons (Fsp3) is 0.857. The first kappa shape index (κ1) is 16.0. The fourth-order valence-corrected chi connectivity index (χ4v) is 2.39. The molecule has 0 bridgehead atoms. The van der Waals surface area contributed by atoms with Crippen LogP contribution >= 0.6 is 0 Å². The first-order valence-electron chi connectivity index (χ1n) is 7.05. The molecule has 2 unspecified atom stereocenters. The third-order valence-electron chi connectivity index (χ3n) is 3.93. The molecule has 0 aromatic carbocycles. The van der Waals surface area contributed by atoms with Crippen LogP contribution in [-0.2, 0) is 9.59 Å². The first-order chi connectivity index (χ1) is 8.82. The molecule has 1 aliphatic heterocycles. The fourth-order valence-electron chi connectivity index (χ4n) is 2.39. The van der Waals surface area contributed by atoms with Crippen molar-refractivity contribution < 1.29 is 14.7 Å². The van der Waals surface area contributed by atoms with E-state index < -0.39 is 5.97 Å². The van der Waals surface area contributed by atoms with E-state index in [-0.39, 0.29) is 23.8 Å². The van der Waals surface area contributed by atoms with E-state index in [1.54, 1.807) is 0 Å². The Bertz CT molecular complexity index is 329. The first-order valence-corrected chi connectivity index (χ1v) is 7.05. The van der Waals surface area contributed by atoms with Gasteiger partial charge in [0.25, 0.3) is 0 Å². The Hall–Kier alpha value is -1.10. The van der Waals surface area contributed by atoms with Crippen LogP contribution in [0.4, 0.5) is 0 Å². The molecule has 1 heterocycles. The lowest BCUT2D eigenvalue weighted by atomic mass is 9.84. The van der Waals surface area contributed by atoms with Gasteiger partial charge < -0.3 is 15.7 Å². The molecular weight excluding hydrogens is 244 g/mol. The average molecular weight is 270 g/mol. The molecule has 1 aliphatic rings. The van der Waals surface area contributed by atoms with Crippen molar-refractivity contribution >= 4 is 11.9 Å². The molecule has 1 rings (SSSR count). The lowest BCUT2D eigenvalue weighted by molar-refractivity contribution is -0.137. The third kappa shape index (κ3) is 5.59. The van der Waals surface area contributed by atoms with Gasteiger partial charge in [0.2, 0.25) is 5.91 Å². The van der Waals surface area contributed by atoms with Crippen molar-refractivity contribution in [2.75, 3.05) is 13.1 Å². The summed E-state index contributed by atoms with van der Waals surface area (Å²) in [5.74, 6) is -0.305. The van der Waals surface area contributed by atoms with Gasteiger partial charge in [-0.1, -0.05) is 20.8 Å². The SMILES string of the molecule is CC1CCNC1C(=O)NCCC(C)(C)CCC(=O)O. The van der Waals surface area contributed by atoms with Gasteiger partial charge in [0.15, 0.2) is 0 Å². The molecule has 0 radical (unpaired) electrons. The van der Waals surface area contributed by atoms with Gasteiger partial charge in [0.05, 0.1) is 6.04 Å². The number of amides is 1. The second-order valence-corrected chi connectivity index (χ2v) is 6.30. The van der Waals surface area contributed by atoms with Gasteiger partial charge in [-0.3, -0.25) is 9.59 Å². The Morgan fingerprint density at radius 3 is 2.58 bits per heavy atom. The molecule has 1 saturated heterocycles. The molecule has 0 aromatic heterocycles. The summed E-state index contributed by atoms with van der Waals surface area (Å²) in [5.41, 5.74) is -0.0552. The summed E-state index contributed by atoms with van der Waals surface area (Å²) in [6.07, 6.45) is 2.66. The van der Waals surface area contributed by atoms with Crippen LogP contribution in [0.3, 0.4) is 0 Å². The number of hydrogen-bond donors (Lipinski definition) is 3. The van der Waals surface area contributed by atoms with Crippen LogP contribution in [0.15, 0.2) is 0 Å². The maximum atomic E-state index is 11.9. The van der Waals surface area contributed by atoms with Crippen LogP contribution in [-0.4, -0.2) is 36.1 Å². The average Bonchev–Trinajstić information content (AvgIpc) is 2.73. The van der Waals surface area contributed by atoms with Crippen LogP contribution < -0.4 is 10.6 Å². The van der Waals surface area contributed by atoms with Crippen LogP contribution in [0.5, 0.6) is 0 Å². The van der Waals surface area contributed by atoms with E-state index in [0.29, 0.717) is 18.9 Å². The maximum absolute atomic E-state index is 11.9. The minimum absolute atomic E-state index is 0.0552. The predicted molar refractivity (Wildman–Crippen MR) is 73.8 cm³/mol. The smallest absolute Gasteiger partial charge is 0.303 e. The quantitative estimate of drug-likeness (QED) is 0.653. The Labute approximate surface area is 115 Å². The summed E-state index contributed by atoms with van der Waals surface area (Å²) in [4.78, 5) is 22.5. The minimum Gasteiger partial charge on any atom is -0.481 e. The number of carboxylic acid groups (broad SMARTS) is 1. The van der Waals surface area contributed by atoms with E-state index >= 15 is 0 Å². The van der Waals surface area contributed by atoms with Crippen molar-refractivity contribution in [3.63, 3.8) is 0 Å². The third-order valence-corrected chi connectivity index (χ3v) is 3.93. The summed E-state index contributed by atoms with van der Waals surface area (Å²) in [6.45, 7) is 7.68. The second-order valence-electron chi connectivity index (χ2n) is 6.30. The van der Waals surface area contributed by atoms with Crippen molar-refractivity contribution in [2.24, 2.45) is 11.3 Å². The van der Waals surface area contributed by atoms with E-state index in [1.807, 2.05) is 13.8 Å². The zero-order chi connectivity index (χ0) is 14.5. The standard InChI is InChI=1S/C14H26N2O3/c1-10-5-8-15-12(10)13(19)16-9-7-14(2,3)6-4-11(17)18/h10,12,15H,4-9H2,1-3H3,(H,16,19)(H,17,18). The molecule has 1 amide bonds. The van der Waals surface area contributed by atoms with Crippen molar-refractivity contribution in [2.45, 2.75) is 52.5 Å². The Kier molecular flexibility index (Phi) is 5.79. The second kappa shape index (κ2) is 6.89. The summed E-state index contributed by atoms with van der Waals surface area (Å²) < 4.78 is 0. The maximum Gasteiger partial charge on any atom is 0.303 e. The summed E-state index contributed by atoms with van der Waals surface area (Å²) in [6, 6.07) is -0.0675. The highest BCUT2D eigenvalue weighted by atomic mass is 16.4. The molecule has 0 spiro atoms. The van der Waals surface area contributed by atoms with E-state index in [9.17, 15) is 9.59 Å². The topological polar surface area (TPSA) is 78.4 Å². The van der Waals surface area contributed by atoms with E-state index in [1.165, 1.54) is 0 Å². The van der Waals surface area contributed by atoms with Crippen molar-refractivity contribution in [3.8, 4) is 0 Å². The normalized spacial score (nSPS) is 23.3. The van der Waals surface area contributed by atoms with Gasteiger partial charge in [-0.25, -0.2) is 0 Å². The molecule has 19 heavy (non-hydrogen) atoms. The molecule has 0 aromatic rings. The lowest BCUT2D eigenvalue weighted by Crippen LogP contribution is -2.44. The highest BCUT2D eigenvalue weighted by Crippen LogP contribution is 2.26. The van der Waals surface area contributed by atoms with Crippen molar-refractivity contribution in [3.05, 3.63) is 0 Å². The highest BCUT2D eigenvalue weighted by molar-refractivity contribution is 5.82. The largest absolute Gasteiger partial charge is 0.481 e. The molecule has 110 valence electrons. The van der Waals surface area contributed by atoms with Crippen LogP contribution in [0.25, 0.3) is 0 Å². The number of aliphatic carboxylic acids is 1. The Morgan fingerprint density at radius 1 is 1.37 bits per heavy atom. The van der Waals surface area contributed by atoms with Crippen LogP contribution in [0.2, 0.25) is 0 Å². The number of nitrogens with one attached hydrogen (secondary N) is 2. The summed E-state index contributed by atoms with van der Waals surface area (Å²) >= 11 is 0. The van der Waals surface area contributed by atoms with Gasteiger partial charge in [0.1, 0.15) is 0 Å². The van der Waals surface area contributed by atoms with E-state index in [4.69, 9.17) is 5.11 Å². The van der Waals surface area contributed by atoms with Gasteiger partial charge in [-0.2, -0.15) is 0 Å². The number of carbonyl (C=O) groups excluding carboxylic acids is 1. The molecule has 3 N–H and O–H groups in total. The molecule has 2 atom stereocenters. The lowest BCUT2D eigenvalue weighted by Gasteiger charge is -2.24. The monoisotopic (exact) mass is 270 g/mol. The molecular formula is C14H26N2O3. The minimum atomic E-state index is -0.763. The zero-order valence-corrected chi connectivity index (χ0v) is 12.2. The van der Waals surface area contributed by atoms with Crippen LogP contribution in [0, 0.1) is 11.3 Å². The molecule has 0 aliphatic carbocycles. The zero-order valence-electron chi connectivity index (χ0n) is 12.2. The van der Waals surface area contributed by atoms with E-state index in [2.05, 4.69) is 17.6 Å². The molecule has 1 fully saturated rings. The van der Waals surface area contributed by atoms with Gasteiger partial charge in [0, 0.05) is 13.0 Å². The number of carboxylic acids is 1. The Balaban J connectivity index is 2.25. The summed E-state index contributed by atoms with van der Waals surface area (Å²) in [7, 11) is 0. The number of carbonyl (C=O) groups is 2.